The molecule has 1 heterocycles. The molecule has 0 aliphatic carbocycles. The Bertz CT molecular complexity index is 201. The van der Waals surface area contributed by atoms with Crippen LogP contribution in [-0.2, 0) is 0 Å². The highest BCUT2D eigenvalue weighted by Crippen LogP contribution is 2.01. The molecule has 0 spiro atoms. The third-order valence-electron chi connectivity index (χ3n) is 1.07. The van der Waals surface area contributed by atoms with Gasteiger partial charge in [-0.25, -0.2) is 0 Å². The Labute approximate surface area is 61.3 Å². The Kier molecular flexibility index (Phi) is 3.96. The van der Waals surface area contributed by atoms with Crippen molar-refractivity contribution in [3.63, 3.8) is 0 Å². The molecule has 0 aliphatic rings. The fourth-order valence-electron chi connectivity index (χ4n) is 0.563. The summed E-state index contributed by atoms with van der Waals surface area (Å²) in [6.45, 7) is 11.6. The second-order valence-corrected chi connectivity index (χ2v) is 1.67. The summed E-state index contributed by atoms with van der Waals surface area (Å²) in [4.78, 5) is 0. The van der Waals surface area contributed by atoms with Gasteiger partial charge in [-0.05, 0) is 18.6 Å². The number of aromatic nitrogens is 2. The van der Waals surface area contributed by atoms with E-state index in [0.29, 0.717) is 0 Å². The van der Waals surface area contributed by atoms with Crippen molar-refractivity contribution in [2.75, 3.05) is 0 Å². The van der Waals surface area contributed by atoms with Crippen LogP contribution in [0.15, 0.2) is 25.9 Å². The fourth-order valence-corrected chi connectivity index (χ4v) is 0.563. The second kappa shape index (κ2) is 4.56. The van der Waals surface area contributed by atoms with E-state index in [9.17, 15) is 0 Å². The zero-order valence-electron chi connectivity index (χ0n) is 6.22. The number of aromatic amines is 1. The van der Waals surface area contributed by atoms with Crippen molar-refractivity contribution in [3.05, 3.63) is 37.2 Å². The first-order valence-electron chi connectivity index (χ1n) is 2.97. The van der Waals surface area contributed by atoms with Crippen molar-refractivity contribution < 1.29 is 0 Å². The molecule has 1 aromatic heterocycles. The Balaban J connectivity index is 0.000000371. The first-order valence-corrected chi connectivity index (χ1v) is 2.97. The molecule has 0 aliphatic heterocycles. The molecule has 0 atom stereocenters. The number of nitrogens with zero attached hydrogens (tertiary/aromatic N) is 1. The van der Waals surface area contributed by atoms with Crippen LogP contribution in [0, 0.1) is 6.92 Å². The molecule has 0 unspecified atom stereocenters. The summed E-state index contributed by atoms with van der Waals surface area (Å²) in [6.07, 6.45) is 3.53. The fraction of sp³-hybridized carbons (Fsp3) is 0.125. The second-order valence-electron chi connectivity index (χ2n) is 1.67. The number of rotatable bonds is 1. The van der Waals surface area contributed by atoms with E-state index in [0.717, 1.165) is 11.3 Å². The lowest BCUT2D eigenvalue weighted by atomic mass is 10.3. The van der Waals surface area contributed by atoms with Gasteiger partial charge < -0.3 is 0 Å². The summed E-state index contributed by atoms with van der Waals surface area (Å²) in [6, 6.07) is 0. The minimum absolute atomic E-state index is 1.00. The molecule has 2 heteroatoms. The minimum Gasteiger partial charge on any atom is -0.278 e. The van der Waals surface area contributed by atoms with E-state index in [1.165, 1.54) is 0 Å². The lowest BCUT2D eigenvalue weighted by Crippen LogP contribution is -1.71. The van der Waals surface area contributed by atoms with Crippen LogP contribution in [0.25, 0.3) is 6.08 Å². The molecule has 1 N–H and O–H groups in total. The number of hydrogen-bond donors (Lipinski definition) is 1. The molecule has 0 amide bonds. The van der Waals surface area contributed by atoms with Crippen molar-refractivity contribution in [1.29, 1.82) is 0 Å². The van der Waals surface area contributed by atoms with Crippen molar-refractivity contribution >= 4 is 6.08 Å². The molecule has 0 bridgehead atoms. The predicted octanol–water partition coefficient (Wildman–Crippen LogP) is 2.16. The average Bonchev–Trinajstić information content (AvgIpc) is 2.39. The van der Waals surface area contributed by atoms with Gasteiger partial charge in [-0.15, -0.1) is 13.2 Å². The van der Waals surface area contributed by atoms with E-state index in [2.05, 4.69) is 29.9 Å². The molecular weight excluding hydrogens is 124 g/mol. The van der Waals surface area contributed by atoms with Crippen LogP contribution < -0.4 is 0 Å². The van der Waals surface area contributed by atoms with Gasteiger partial charge in [-0.2, -0.15) is 5.10 Å². The molecule has 0 fully saturated rings. The lowest BCUT2D eigenvalue weighted by molar-refractivity contribution is 1.08. The number of nitrogens with one attached hydrogen (secondary N) is 1. The van der Waals surface area contributed by atoms with Gasteiger partial charge in [0.2, 0.25) is 0 Å². The van der Waals surface area contributed by atoms with E-state index in [1.807, 2.05) is 6.92 Å². The van der Waals surface area contributed by atoms with E-state index in [4.69, 9.17) is 0 Å². The minimum atomic E-state index is 1.00. The Morgan fingerprint density at radius 2 is 2.20 bits per heavy atom. The third kappa shape index (κ3) is 1.90. The molecule has 1 rings (SSSR count). The van der Waals surface area contributed by atoms with Crippen molar-refractivity contribution in [3.8, 4) is 0 Å². The zero-order valence-corrected chi connectivity index (χ0v) is 6.22. The van der Waals surface area contributed by atoms with Gasteiger partial charge in [-0.3, -0.25) is 5.10 Å². The van der Waals surface area contributed by atoms with E-state index >= 15 is 0 Å². The highest BCUT2D eigenvalue weighted by molar-refractivity contribution is 5.44. The van der Waals surface area contributed by atoms with E-state index in [1.54, 1.807) is 12.3 Å². The van der Waals surface area contributed by atoms with Crippen molar-refractivity contribution in [2.45, 2.75) is 6.92 Å². The Hall–Kier alpha value is -1.31. The summed E-state index contributed by atoms with van der Waals surface area (Å²) in [5.41, 5.74) is 2.14. The molecule has 0 aromatic carbocycles. The topological polar surface area (TPSA) is 28.7 Å². The molecule has 2 nitrogen and oxygen atoms in total. The average molecular weight is 136 g/mol. The van der Waals surface area contributed by atoms with Gasteiger partial charge in [0.1, 0.15) is 0 Å². The van der Waals surface area contributed by atoms with Crippen molar-refractivity contribution in [2.24, 2.45) is 0 Å². The molecule has 0 saturated carbocycles. The maximum atomic E-state index is 3.80. The van der Waals surface area contributed by atoms with Crippen molar-refractivity contribution in [1.82, 2.24) is 10.2 Å². The summed E-state index contributed by atoms with van der Waals surface area (Å²) < 4.78 is 0. The SMILES string of the molecule is C=C.C=Cc1[nH]ncc1C. The van der Waals surface area contributed by atoms with Crippen LogP contribution in [0.5, 0.6) is 0 Å². The smallest absolute Gasteiger partial charge is 0.0601 e. The van der Waals surface area contributed by atoms with Crippen LogP contribution in [-0.4, -0.2) is 10.2 Å². The number of hydrogen-bond acceptors (Lipinski definition) is 1. The Morgan fingerprint density at radius 1 is 1.60 bits per heavy atom. The first-order chi connectivity index (χ1) is 4.84. The lowest BCUT2D eigenvalue weighted by Gasteiger charge is -1.81. The van der Waals surface area contributed by atoms with E-state index < -0.39 is 0 Å². The van der Waals surface area contributed by atoms with Gasteiger partial charge >= 0.3 is 0 Å². The van der Waals surface area contributed by atoms with E-state index in [-0.39, 0.29) is 0 Å². The zero-order chi connectivity index (χ0) is 7.98. The maximum Gasteiger partial charge on any atom is 0.0601 e. The monoisotopic (exact) mass is 136 g/mol. The highest BCUT2D eigenvalue weighted by atomic mass is 15.1. The van der Waals surface area contributed by atoms with Gasteiger partial charge in [0.05, 0.1) is 11.9 Å². The third-order valence-corrected chi connectivity index (χ3v) is 1.07. The van der Waals surface area contributed by atoms with Crippen LogP contribution >= 0.6 is 0 Å². The highest BCUT2D eigenvalue weighted by Gasteiger charge is 1.90. The standard InChI is InChI=1S/C6H8N2.C2H4/c1-3-6-5(2)4-7-8-6;1-2/h3-4H,1H2,2H3,(H,7,8);1-2H2. The normalized spacial score (nSPS) is 7.70. The molecule has 1 aromatic rings. The van der Waals surface area contributed by atoms with Crippen LogP contribution in [0.3, 0.4) is 0 Å². The quantitative estimate of drug-likeness (QED) is 0.589. The maximum absolute atomic E-state index is 3.80. The number of H-pyrrole nitrogens is 1. The Morgan fingerprint density at radius 3 is 2.40 bits per heavy atom. The number of aryl methyl sites for hydroxylation is 1. The van der Waals surface area contributed by atoms with Gasteiger partial charge in [-0.1, -0.05) is 6.58 Å². The molecule has 10 heavy (non-hydrogen) atoms. The summed E-state index contributed by atoms with van der Waals surface area (Å²) in [7, 11) is 0. The predicted molar refractivity (Wildman–Crippen MR) is 44.7 cm³/mol. The van der Waals surface area contributed by atoms with Gasteiger partial charge in [0.15, 0.2) is 0 Å². The van der Waals surface area contributed by atoms with Gasteiger partial charge in [0.25, 0.3) is 0 Å². The van der Waals surface area contributed by atoms with Crippen LogP contribution in [0.4, 0.5) is 0 Å². The summed E-state index contributed by atoms with van der Waals surface area (Å²) in [5, 5.41) is 6.58. The summed E-state index contributed by atoms with van der Waals surface area (Å²) >= 11 is 0. The molecule has 0 radical (unpaired) electrons. The largest absolute Gasteiger partial charge is 0.278 e. The van der Waals surface area contributed by atoms with Gasteiger partial charge in [0, 0.05) is 0 Å². The van der Waals surface area contributed by atoms with Crippen LogP contribution in [0.2, 0.25) is 0 Å². The molecule has 54 valence electrons. The first kappa shape index (κ1) is 8.69. The molecule has 0 saturated heterocycles. The molecular formula is C8H12N2. The van der Waals surface area contributed by atoms with Crippen LogP contribution in [0.1, 0.15) is 11.3 Å². The summed E-state index contributed by atoms with van der Waals surface area (Å²) in [5.74, 6) is 0.